The van der Waals surface area contributed by atoms with E-state index in [0.29, 0.717) is 26.9 Å². The molecular weight excluding hydrogens is 535 g/mol. The summed E-state index contributed by atoms with van der Waals surface area (Å²) in [5.41, 5.74) is 1.96. The Hall–Kier alpha value is -2.33. The molecule has 2 rings (SSSR count). The van der Waals surface area contributed by atoms with E-state index in [9.17, 15) is 18.0 Å². The predicted octanol–water partition coefficient (Wildman–Crippen LogP) is 4.56. The van der Waals surface area contributed by atoms with Crippen molar-refractivity contribution in [2.24, 2.45) is 0 Å². The van der Waals surface area contributed by atoms with E-state index in [1.807, 2.05) is 33.8 Å². The average Bonchev–Trinajstić information content (AvgIpc) is 2.76. The van der Waals surface area contributed by atoms with Gasteiger partial charge in [0, 0.05) is 36.2 Å². The maximum absolute atomic E-state index is 13.8. The number of rotatable bonds is 9. The minimum absolute atomic E-state index is 0.0176. The number of hydrogen-bond donors (Lipinski definition) is 1. The summed E-state index contributed by atoms with van der Waals surface area (Å²) in [4.78, 5) is 28.3. The number of aryl methyl sites for hydroxylation is 2. The van der Waals surface area contributed by atoms with Gasteiger partial charge in [0.25, 0.3) is 0 Å². The predicted molar refractivity (Wildman–Crippen MR) is 150 cm³/mol. The zero-order valence-electron chi connectivity index (χ0n) is 22.6. The van der Waals surface area contributed by atoms with Gasteiger partial charge in [-0.05, 0) is 76.4 Å². The molecular formula is C26H36Cl2N4O4S. The van der Waals surface area contributed by atoms with Gasteiger partial charge in [0.1, 0.15) is 12.6 Å². The largest absolute Gasteiger partial charge is 0.350 e. The van der Waals surface area contributed by atoms with Crippen molar-refractivity contribution >= 4 is 50.9 Å². The number of nitrogens with zero attached hydrogens (tertiary/aromatic N) is 3. The SMILES string of the molecule is Cc1ccc(C)c(N(CC(=O)N(Cc2ccc(Cl)cc2Cl)[C@H](C)C(=O)NC(C)(C)C)S(=O)(=O)N(C)C)c1. The molecule has 11 heteroatoms. The van der Waals surface area contributed by atoms with Gasteiger partial charge in [-0.15, -0.1) is 0 Å². The molecule has 0 spiro atoms. The maximum atomic E-state index is 13.8. The summed E-state index contributed by atoms with van der Waals surface area (Å²) in [5.74, 6) is -0.936. The number of hydrogen-bond acceptors (Lipinski definition) is 4. The molecule has 0 radical (unpaired) electrons. The summed E-state index contributed by atoms with van der Waals surface area (Å²) >= 11 is 12.4. The first-order valence-corrected chi connectivity index (χ1v) is 13.9. The molecule has 2 aromatic carbocycles. The average molecular weight is 572 g/mol. The highest BCUT2D eigenvalue weighted by Crippen LogP contribution is 2.27. The number of carbonyl (C=O) groups is 2. The number of halogens is 2. The Labute approximate surface area is 230 Å². The Bertz CT molecular complexity index is 1260. The van der Waals surface area contributed by atoms with Gasteiger partial charge in [0.05, 0.1) is 5.69 Å². The zero-order valence-corrected chi connectivity index (χ0v) is 24.9. The van der Waals surface area contributed by atoms with Crippen molar-refractivity contribution in [1.82, 2.24) is 14.5 Å². The number of anilines is 1. The second-order valence-corrected chi connectivity index (χ2v) is 13.2. The fourth-order valence-corrected chi connectivity index (χ4v) is 5.16. The molecule has 0 aromatic heterocycles. The van der Waals surface area contributed by atoms with Crippen molar-refractivity contribution in [1.29, 1.82) is 0 Å². The topological polar surface area (TPSA) is 90.0 Å². The number of amides is 2. The Balaban J connectivity index is 2.56. The molecule has 0 aliphatic rings. The quantitative estimate of drug-likeness (QED) is 0.478. The van der Waals surface area contributed by atoms with Crippen LogP contribution in [0, 0.1) is 13.8 Å². The van der Waals surface area contributed by atoms with Crippen molar-refractivity contribution < 1.29 is 18.0 Å². The Kier molecular flexibility index (Phi) is 10.0. The first-order valence-electron chi connectivity index (χ1n) is 11.8. The Morgan fingerprint density at radius 3 is 2.19 bits per heavy atom. The molecule has 0 aliphatic heterocycles. The summed E-state index contributed by atoms with van der Waals surface area (Å²) in [6.45, 7) is 10.2. The summed E-state index contributed by atoms with van der Waals surface area (Å²) < 4.78 is 28.8. The maximum Gasteiger partial charge on any atom is 0.304 e. The molecule has 0 heterocycles. The van der Waals surface area contributed by atoms with E-state index in [1.165, 1.54) is 19.0 Å². The fourth-order valence-electron chi connectivity index (χ4n) is 3.58. The lowest BCUT2D eigenvalue weighted by Crippen LogP contribution is -2.55. The van der Waals surface area contributed by atoms with Crippen LogP contribution in [0.15, 0.2) is 36.4 Å². The molecule has 0 saturated carbocycles. The van der Waals surface area contributed by atoms with Crippen LogP contribution in [0.2, 0.25) is 10.0 Å². The van der Waals surface area contributed by atoms with E-state index < -0.39 is 34.2 Å². The molecule has 2 aromatic rings. The van der Waals surface area contributed by atoms with Crippen LogP contribution in [-0.4, -0.2) is 61.7 Å². The highest BCUT2D eigenvalue weighted by molar-refractivity contribution is 7.90. The fraction of sp³-hybridized carbons (Fsp3) is 0.462. The molecule has 8 nitrogen and oxygen atoms in total. The van der Waals surface area contributed by atoms with Gasteiger partial charge in [-0.3, -0.25) is 9.59 Å². The van der Waals surface area contributed by atoms with Crippen molar-refractivity contribution in [3.8, 4) is 0 Å². The lowest BCUT2D eigenvalue weighted by atomic mass is 10.1. The van der Waals surface area contributed by atoms with E-state index in [1.54, 1.807) is 44.2 Å². The lowest BCUT2D eigenvalue weighted by molar-refractivity contribution is -0.140. The van der Waals surface area contributed by atoms with Crippen molar-refractivity contribution in [2.45, 2.75) is 59.7 Å². The highest BCUT2D eigenvalue weighted by Gasteiger charge is 2.34. The van der Waals surface area contributed by atoms with Crippen LogP contribution in [0.4, 0.5) is 5.69 Å². The summed E-state index contributed by atoms with van der Waals surface area (Å²) in [5, 5.41) is 3.65. The molecule has 1 atom stereocenters. The summed E-state index contributed by atoms with van der Waals surface area (Å²) in [7, 11) is -1.24. The molecule has 37 heavy (non-hydrogen) atoms. The summed E-state index contributed by atoms with van der Waals surface area (Å²) in [6.07, 6.45) is 0. The monoisotopic (exact) mass is 570 g/mol. The molecule has 0 aliphatic carbocycles. The van der Waals surface area contributed by atoms with Gasteiger partial charge in [-0.1, -0.05) is 41.4 Å². The smallest absolute Gasteiger partial charge is 0.304 e. The van der Waals surface area contributed by atoms with E-state index >= 15 is 0 Å². The minimum Gasteiger partial charge on any atom is -0.350 e. The minimum atomic E-state index is -4.05. The number of benzene rings is 2. The molecule has 204 valence electrons. The zero-order chi connectivity index (χ0) is 28.3. The van der Waals surface area contributed by atoms with Gasteiger partial charge < -0.3 is 10.2 Å². The van der Waals surface area contributed by atoms with E-state index in [2.05, 4.69) is 5.32 Å². The van der Waals surface area contributed by atoms with Crippen molar-refractivity contribution in [3.05, 3.63) is 63.1 Å². The van der Waals surface area contributed by atoms with Gasteiger partial charge in [0.2, 0.25) is 11.8 Å². The van der Waals surface area contributed by atoms with Gasteiger partial charge in [-0.25, -0.2) is 4.31 Å². The third kappa shape index (κ3) is 8.07. The van der Waals surface area contributed by atoms with Crippen molar-refractivity contribution in [3.63, 3.8) is 0 Å². The van der Waals surface area contributed by atoms with E-state index in [4.69, 9.17) is 23.2 Å². The van der Waals surface area contributed by atoms with Crippen molar-refractivity contribution in [2.75, 3.05) is 24.9 Å². The molecule has 2 amide bonds. The van der Waals surface area contributed by atoms with Gasteiger partial charge in [-0.2, -0.15) is 12.7 Å². The highest BCUT2D eigenvalue weighted by atomic mass is 35.5. The standard InChI is InChI=1S/C26H36Cl2N4O4S/c1-17-9-10-18(2)23(13-17)32(37(35,36)30(7)8)16-24(33)31(19(3)25(34)29-26(4,5)6)15-20-11-12-21(27)14-22(20)28/h9-14,19H,15-16H2,1-8H3,(H,29,34)/t19-/m1/s1. The van der Waals surface area contributed by atoms with Crippen LogP contribution in [0.25, 0.3) is 0 Å². The summed E-state index contributed by atoms with van der Waals surface area (Å²) in [6, 6.07) is 9.36. The number of carbonyl (C=O) groups excluding carboxylic acids is 2. The molecule has 1 N–H and O–H groups in total. The van der Waals surface area contributed by atoms with Crippen LogP contribution in [0.1, 0.15) is 44.4 Å². The van der Waals surface area contributed by atoms with Crippen LogP contribution >= 0.6 is 23.2 Å². The van der Waals surface area contributed by atoms with Crippen LogP contribution in [0.3, 0.4) is 0 Å². The second kappa shape index (κ2) is 12.0. The normalized spacial score (nSPS) is 12.8. The van der Waals surface area contributed by atoms with Crippen LogP contribution < -0.4 is 9.62 Å². The molecule has 0 unspecified atom stereocenters. The first kappa shape index (κ1) is 30.9. The third-order valence-electron chi connectivity index (χ3n) is 5.67. The van der Waals surface area contributed by atoms with Gasteiger partial charge in [0.15, 0.2) is 0 Å². The Morgan fingerprint density at radius 2 is 1.65 bits per heavy atom. The van der Waals surface area contributed by atoms with Crippen LogP contribution in [0.5, 0.6) is 0 Å². The Morgan fingerprint density at radius 1 is 1.03 bits per heavy atom. The van der Waals surface area contributed by atoms with E-state index in [-0.39, 0.29) is 12.5 Å². The second-order valence-electron chi connectivity index (χ2n) is 10.3. The molecule has 0 saturated heterocycles. The van der Waals surface area contributed by atoms with Crippen LogP contribution in [-0.2, 0) is 26.3 Å². The van der Waals surface area contributed by atoms with Gasteiger partial charge >= 0.3 is 10.2 Å². The lowest BCUT2D eigenvalue weighted by Gasteiger charge is -2.34. The molecule has 0 bridgehead atoms. The number of nitrogens with one attached hydrogen (secondary N) is 1. The van der Waals surface area contributed by atoms with E-state index in [0.717, 1.165) is 14.2 Å². The molecule has 0 fully saturated rings. The third-order valence-corrected chi connectivity index (χ3v) is 8.07. The first-order chi connectivity index (χ1) is 16.9.